The fourth-order valence-electron chi connectivity index (χ4n) is 5.58. The molecule has 1 fully saturated rings. The van der Waals surface area contributed by atoms with Crippen LogP contribution in [0.15, 0.2) is 35.1 Å². The van der Waals surface area contributed by atoms with Gasteiger partial charge in [0.2, 0.25) is 5.78 Å². The summed E-state index contributed by atoms with van der Waals surface area (Å²) in [5.74, 6) is -8.87. The number of amides is 1. The molecule has 0 saturated heterocycles. The van der Waals surface area contributed by atoms with Crippen LogP contribution < -0.4 is 5.73 Å². The van der Waals surface area contributed by atoms with Gasteiger partial charge in [0.25, 0.3) is 5.91 Å². The summed E-state index contributed by atoms with van der Waals surface area (Å²) in [7, 11) is 2.92. The fourth-order valence-corrected chi connectivity index (χ4v) is 5.58. The van der Waals surface area contributed by atoms with E-state index in [2.05, 4.69) is 0 Å². The van der Waals surface area contributed by atoms with Crippen molar-refractivity contribution in [2.75, 3.05) is 14.1 Å². The Labute approximate surface area is 227 Å². The standard InChI is InChI=1S/C22H24N2O8.Ca.H2O.2H/c1-7-8-5-4-6-9(25)11(8)16(26)12-10(7)17(27)14-15(24(2)3)18(28)13(21(23)31)20(30)22(14,32)19(12)29;;;;/h4-7,10,14-15,17,25-27,30,32H,1-3H3,(H2,23,31);;1H2;;/q;+2;;2*-1/t7-,10+,14+,15-,17-,22-;;;;/m0..../s1. The van der Waals surface area contributed by atoms with Crippen LogP contribution >= 0.6 is 0 Å². The number of likely N-dealkylation sites (N-methyl/N-ethyl adjacent to an activating group) is 1. The molecule has 3 aliphatic carbocycles. The molecular formula is C22H28CaN2O9. The van der Waals surface area contributed by atoms with E-state index >= 15 is 0 Å². The summed E-state index contributed by atoms with van der Waals surface area (Å²) < 4.78 is 0. The van der Waals surface area contributed by atoms with Crippen molar-refractivity contribution in [3.63, 3.8) is 0 Å². The number of primary amides is 1. The molecule has 0 aliphatic heterocycles. The second kappa shape index (κ2) is 9.23. The zero-order valence-electron chi connectivity index (χ0n) is 20.8. The normalized spacial score (nSPS) is 32.4. The first-order chi connectivity index (χ1) is 14.9. The Hall–Kier alpha value is -1.99. The molecule has 1 aromatic rings. The van der Waals surface area contributed by atoms with Gasteiger partial charge in [-0.3, -0.25) is 19.3 Å². The minimum absolute atomic E-state index is 0. The van der Waals surface area contributed by atoms with Crippen LogP contribution in [-0.4, -0.2) is 123 Å². The molecule has 182 valence electrons. The van der Waals surface area contributed by atoms with E-state index in [0.717, 1.165) is 0 Å². The van der Waals surface area contributed by atoms with E-state index in [1.54, 1.807) is 19.1 Å². The van der Waals surface area contributed by atoms with E-state index in [9.17, 15) is 39.9 Å². The van der Waals surface area contributed by atoms with E-state index in [0.29, 0.717) is 5.56 Å². The van der Waals surface area contributed by atoms with Crippen LogP contribution in [0.5, 0.6) is 5.75 Å². The van der Waals surface area contributed by atoms with E-state index in [-0.39, 0.29) is 57.4 Å². The van der Waals surface area contributed by atoms with Crippen molar-refractivity contribution in [1.82, 2.24) is 4.90 Å². The number of hydrogen-bond donors (Lipinski definition) is 6. The average Bonchev–Trinajstić information content (AvgIpc) is 2.70. The summed E-state index contributed by atoms with van der Waals surface area (Å²) in [5, 5.41) is 54.9. The van der Waals surface area contributed by atoms with Gasteiger partial charge in [0, 0.05) is 11.5 Å². The van der Waals surface area contributed by atoms with Crippen molar-refractivity contribution in [3.8, 4) is 5.75 Å². The Morgan fingerprint density at radius 1 is 1.18 bits per heavy atom. The number of ketones is 2. The molecule has 0 bridgehead atoms. The van der Waals surface area contributed by atoms with Gasteiger partial charge in [0.15, 0.2) is 11.4 Å². The minimum atomic E-state index is -2.89. The van der Waals surface area contributed by atoms with Crippen molar-refractivity contribution in [2.45, 2.75) is 30.6 Å². The van der Waals surface area contributed by atoms with Gasteiger partial charge < -0.3 is 39.6 Å². The number of aromatic hydroxyl groups is 1. The van der Waals surface area contributed by atoms with Crippen molar-refractivity contribution < 1.29 is 48.2 Å². The molecule has 1 amide bonds. The van der Waals surface area contributed by atoms with Gasteiger partial charge in [0.05, 0.1) is 23.6 Å². The predicted octanol–water partition coefficient (Wildman–Crippen LogP) is -1.48. The van der Waals surface area contributed by atoms with Crippen LogP contribution in [0.2, 0.25) is 0 Å². The van der Waals surface area contributed by atoms with Crippen LogP contribution in [0.25, 0.3) is 5.76 Å². The van der Waals surface area contributed by atoms with Gasteiger partial charge in [-0.1, -0.05) is 19.1 Å². The third-order valence-electron chi connectivity index (χ3n) is 6.99. The average molecular weight is 505 g/mol. The predicted molar refractivity (Wildman–Crippen MR) is 122 cm³/mol. The number of Topliss-reactive ketones (excluding diaryl/α,β-unsaturated/α-hetero) is 2. The van der Waals surface area contributed by atoms with Gasteiger partial charge in [-0.15, -0.1) is 0 Å². The van der Waals surface area contributed by atoms with Gasteiger partial charge in [0.1, 0.15) is 22.8 Å². The monoisotopic (exact) mass is 504 g/mol. The number of fused-ring (bicyclic) bond motifs is 3. The Morgan fingerprint density at radius 2 is 1.76 bits per heavy atom. The second-order valence-corrected chi connectivity index (χ2v) is 8.79. The van der Waals surface area contributed by atoms with Crippen LogP contribution in [0, 0.1) is 11.8 Å². The molecule has 9 N–H and O–H groups in total. The molecule has 1 aromatic carbocycles. The first kappa shape index (κ1) is 28.2. The summed E-state index contributed by atoms with van der Waals surface area (Å²) in [6.07, 6.45) is -1.59. The van der Waals surface area contributed by atoms with Crippen molar-refractivity contribution in [2.24, 2.45) is 17.6 Å². The topological polar surface area (TPSA) is 213 Å². The smallest absolute Gasteiger partial charge is 1.00 e. The molecule has 3 aliphatic rings. The second-order valence-electron chi connectivity index (χ2n) is 8.79. The molecule has 0 spiro atoms. The van der Waals surface area contributed by atoms with E-state index < -0.39 is 75.6 Å². The maximum atomic E-state index is 13.7. The summed E-state index contributed by atoms with van der Waals surface area (Å²) in [4.78, 5) is 40.0. The summed E-state index contributed by atoms with van der Waals surface area (Å²) >= 11 is 0. The summed E-state index contributed by atoms with van der Waals surface area (Å²) in [6.45, 7) is 1.68. The molecule has 34 heavy (non-hydrogen) atoms. The molecule has 0 aromatic heterocycles. The number of aliphatic hydroxyl groups is 4. The van der Waals surface area contributed by atoms with Gasteiger partial charge in [-0.2, -0.15) is 0 Å². The van der Waals surface area contributed by atoms with Crippen molar-refractivity contribution >= 4 is 61.0 Å². The number of nitrogens with two attached hydrogens (primary N) is 1. The Bertz CT molecular complexity index is 1160. The summed E-state index contributed by atoms with van der Waals surface area (Å²) in [6, 6.07) is 3.13. The maximum Gasteiger partial charge on any atom is 2.00 e. The number of nitrogens with zero attached hydrogens (tertiary/aromatic N) is 1. The number of carbonyl (C=O) groups excluding carboxylic acids is 3. The number of hydrogen-bond acceptors (Lipinski definition) is 9. The number of aliphatic hydroxyl groups excluding tert-OH is 3. The zero-order valence-corrected chi connectivity index (χ0v) is 21.0. The van der Waals surface area contributed by atoms with E-state index in [4.69, 9.17) is 5.73 Å². The largest absolute Gasteiger partial charge is 2.00 e. The molecule has 0 radical (unpaired) electrons. The third-order valence-corrected chi connectivity index (χ3v) is 6.99. The Morgan fingerprint density at radius 3 is 2.29 bits per heavy atom. The maximum absolute atomic E-state index is 13.7. The number of phenols is 1. The molecule has 1 saturated carbocycles. The molecule has 0 unspecified atom stereocenters. The van der Waals surface area contributed by atoms with Crippen LogP contribution in [-0.2, 0) is 14.4 Å². The zero-order chi connectivity index (χ0) is 23.9. The molecule has 6 atom stereocenters. The number of benzene rings is 1. The summed E-state index contributed by atoms with van der Waals surface area (Å²) in [5.41, 5.74) is 1.47. The fraction of sp³-hybridized carbons (Fsp3) is 0.409. The molecule has 4 rings (SSSR count). The van der Waals surface area contributed by atoms with Crippen LogP contribution in [0.1, 0.15) is 26.8 Å². The van der Waals surface area contributed by atoms with Crippen molar-refractivity contribution in [3.05, 3.63) is 46.2 Å². The van der Waals surface area contributed by atoms with Crippen molar-refractivity contribution in [1.29, 1.82) is 0 Å². The molecule has 0 heterocycles. The van der Waals surface area contributed by atoms with Crippen LogP contribution in [0.4, 0.5) is 0 Å². The first-order valence-corrected chi connectivity index (χ1v) is 10.0. The third kappa shape index (κ3) is 3.41. The van der Waals surface area contributed by atoms with E-state index in [1.807, 2.05) is 0 Å². The van der Waals surface area contributed by atoms with Gasteiger partial charge in [-0.05, 0) is 31.6 Å². The Kier molecular flexibility index (Phi) is 7.67. The minimum Gasteiger partial charge on any atom is -1.00 e. The Balaban J connectivity index is 0.00000306. The van der Waals surface area contributed by atoms with Gasteiger partial charge in [-0.25, -0.2) is 0 Å². The molecule has 12 heteroatoms. The van der Waals surface area contributed by atoms with Crippen LogP contribution in [0.3, 0.4) is 0 Å². The SMILES string of the molecule is C[C@H]1c2cccc(O)c2C(O)=C2C(=O)[C@]3(O)C(O)=C(C(N)=O)C(=O)[C@@H](N(C)C)[C@@H]3[C@@H](O)[C@@H]21.O.[Ca+2].[H-].[H-]. The quantitative estimate of drug-likeness (QED) is 0.204. The van der Waals surface area contributed by atoms with Gasteiger partial charge >= 0.3 is 37.7 Å². The number of rotatable bonds is 2. The van der Waals surface area contributed by atoms with E-state index in [1.165, 1.54) is 25.1 Å². The number of phenolic OH excluding ortho intramolecular Hbond substituents is 1. The first-order valence-electron chi connectivity index (χ1n) is 10.0. The molecule has 11 nitrogen and oxygen atoms in total. The molecular weight excluding hydrogens is 476 g/mol. The number of carbonyl (C=O) groups is 3.